The fourth-order valence-corrected chi connectivity index (χ4v) is 2.95. The van der Waals surface area contributed by atoms with Crippen molar-refractivity contribution < 1.29 is 39.9 Å². The number of rotatable bonds is 6. The van der Waals surface area contributed by atoms with Gasteiger partial charge in [-0.3, -0.25) is 9.88 Å². The van der Waals surface area contributed by atoms with Gasteiger partial charge in [0.1, 0.15) is 18.5 Å². The first-order valence-corrected chi connectivity index (χ1v) is 8.49. The van der Waals surface area contributed by atoms with Crippen LogP contribution in [-0.4, -0.2) is 94.6 Å². The number of carbonyl (C=O) groups excluding carboxylic acids is 1. The topological polar surface area (TPSA) is 212 Å². The quantitative estimate of drug-likeness (QED) is 0.257. The van der Waals surface area contributed by atoms with Crippen LogP contribution in [0.2, 0.25) is 0 Å². The zero-order valence-corrected chi connectivity index (χ0v) is 15.1. The van der Waals surface area contributed by atoms with Crippen molar-refractivity contribution in [3.05, 3.63) is 12.7 Å². The van der Waals surface area contributed by atoms with Crippen LogP contribution in [0, 0.1) is 0 Å². The molecule has 29 heavy (non-hydrogen) atoms. The predicted octanol–water partition coefficient (Wildman–Crippen LogP) is -2.82. The first kappa shape index (κ1) is 20.8. The Balaban J connectivity index is 1.87. The average Bonchev–Trinajstić information content (AvgIpc) is 3.22. The van der Waals surface area contributed by atoms with E-state index in [1.54, 1.807) is 0 Å². The second-order valence-electron chi connectivity index (χ2n) is 6.52. The summed E-state index contributed by atoms with van der Waals surface area (Å²) in [6.45, 7) is 0.359. The van der Waals surface area contributed by atoms with Gasteiger partial charge in [-0.25, -0.2) is 24.5 Å². The number of amides is 2. The zero-order valence-electron chi connectivity index (χ0n) is 15.1. The highest BCUT2D eigenvalue weighted by Crippen LogP contribution is 2.32. The van der Waals surface area contributed by atoms with Gasteiger partial charge in [0, 0.05) is 0 Å². The predicted molar refractivity (Wildman–Crippen MR) is 93.6 cm³/mol. The minimum absolute atomic E-state index is 0.0413. The molecule has 1 aliphatic heterocycles. The molecule has 1 saturated heterocycles. The average molecular weight is 412 g/mol. The van der Waals surface area contributed by atoms with Crippen LogP contribution < -0.4 is 10.6 Å². The molecule has 1 fully saturated rings. The fourth-order valence-electron chi connectivity index (χ4n) is 2.95. The van der Waals surface area contributed by atoms with Crippen molar-refractivity contribution in [1.29, 1.82) is 0 Å². The number of nitrogens with one attached hydrogen (secondary N) is 2. The van der Waals surface area contributed by atoms with E-state index in [1.807, 2.05) is 0 Å². The van der Waals surface area contributed by atoms with Crippen molar-refractivity contribution in [3.63, 3.8) is 0 Å². The van der Waals surface area contributed by atoms with Gasteiger partial charge >= 0.3 is 12.0 Å². The van der Waals surface area contributed by atoms with Gasteiger partial charge in [0.25, 0.3) is 0 Å². The van der Waals surface area contributed by atoms with E-state index in [2.05, 4.69) is 25.6 Å². The summed E-state index contributed by atoms with van der Waals surface area (Å²) in [6, 6.07) is -2.51. The van der Waals surface area contributed by atoms with Crippen molar-refractivity contribution in [1.82, 2.24) is 24.8 Å². The lowest BCUT2D eigenvalue weighted by molar-refractivity contribution is -0.141. The van der Waals surface area contributed by atoms with Crippen LogP contribution >= 0.6 is 0 Å². The number of ether oxygens (including phenoxy) is 1. The van der Waals surface area contributed by atoms with Gasteiger partial charge in [0.05, 0.1) is 25.6 Å². The molecule has 2 amide bonds. The summed E-state index contributed by atoms with van der Waals surface area (Å²) in [4.78, 5) is 35.1. The maximum atomic E-state index is 12.1. The summed E-state index contributed by atoms with van der Waals surface area (Å²) in [5.41, 5.74) is -1.87. The zero-order chi connectivity index (χ0) is 21.3. The molecule has 7 N–H and O–H groups in total. The molecule has 158 valence electrons. The highest BCUT2D eigenvalue weighted by atomic mass is 16.5. The molecule has 2 aromatic rings. The number of aliphatic hydroxyl groups excluding tert-OH is 3. The minimum Gasteiger partial charge on any atom is -0.480 e. The largest absolute Gasteiger partial charge is 0.480 e. The molecular weight excluding hydrogens is 392 g/mol. The molecule has 14 nitrogen and oxygen atoms in total. The van der Waals surface area contributed by atoms with Crippen LogP contribution in [-0.2, 0) is 15.3 Å². The summed E-state index contributed by atoms with van der Waals surface area (Å²) in [7, 11) is 0. The van der Waals surface area contributed by atoms with Gasteiger partial charge in [-0.15, -0.1) is 0 Å². The Morgan fingerprint density at radius 2 is 2.14 bits per heavy atom. The molecule has 14 heteroatoms. The minimum atomic E-state index is -1.96. The second-order valence-corrected chi connectivity index (χ2v) is 6.52. The fraction of sp³-hybridized carbons (Fsp3) is 0.533. The van der Waals surface area contributed by atoms with Crippen LogP contribution in [0.1, 0.15) is 6.92 Å². The van der Waals surface area contributed by atoms with Crippen molar-refractivity contribution >= 4 is 29.0 Å². The lowest BCUT2D eigenvalue weighted by Gasteiger charge is -2.27. The second kappa shape index (κ2) is 7.84. The number of aromatic nitrogens is 4. The Kier molecular flexibility index (Phi) is 5.63. The molecule has 0 spiro atoms. The summed E-state index contributed by atoms with van der Waals surface area (Å²) in [6.07, 6.45) is -1.60. The van der Waals surface area contributed by atoms with Crippen molar-refractivity contribution in [2.45, 2.75) is 37.0 Å². The number of urea groups is 1. The Morgan fingerprint density at radius 1 is 1.41 bits per heavy atom. The van der Waals surface area contributed by atoms with Gasteiger partial charge < -0.3 is 35.6 Å². The van der Waals surface area contributed by atoms with E-state index in [9.17, 15) is 30.0 Å². The Hall–Kier alpha value is -2.91. The number of fused-ring (bicyclic) bond motifs is 1. The molecule has 5 atom stereocenters. The van der Waals surface area contributed by atoms with Gasteiger partial charge in [-0.2, -0.15) is 0 Å². The third-order valence-corrected chi connectivity index (χ3v) is 4.53. The first-order chi connectivity index (χ1) is 13.7. The van der Waals surface area contributed by atoms with E-state index < -0.39 is 48.7 Å². The Morgan fingerprint density at radius 3 is 2.72 bits per heavy atom. The molecule has 0 bridgehead atoms. The summed E-state index contributed by atoms with van der Waals surface area (Å²) >= 11 is 0. The highest BCUT2D eigenvalue weighted by molar-refractivity contribution is 5.97. The Bertz CT molecular complexity index is 919. The van der Waals surface area contributed by atoms with Crippen LogP contribution in [0.15, 0.2) is 12.7 Å². The molecule has 3 heterocycles. The number of carboxylic acids is 1. The van der Waals surface area contributed by atoms with Crippen LogP contribution in [0.4, 0.5) is 10.6 Å². The summed E-state index contributed by atoms with van der Waals surface area (Å²) in [5.74, 6) is -1.53. The van der Waals surface area contributed by atoms with E-state index in [1.165, 1.54) is 6.92 Å². The van der Waals surface area contributed by atoms with Gasteiger partial charge in [-0.1, -0.05) is 0 Å². The number of carboxylic acid groups (broad SMARTS) is 1. The summed E-state index contributed by atoms with van der Waals surface area (Å²) in [5, 5.41) is 53.2. The highest BCUT2D eigenvalue weighted by Gasteiger charge is 2.50. The number of aliphatic carboxylic acids is 1. The number of nitrogens with zero attached hydrogens (tertiary/aromatic N) is 4. The van der Waals surface area contributed by atoms with Crippen LogP contribution in [0.5, 0.6) is 0 Å². The lowest BCUT2D eigenvalue weighted by atomic mass is 10.1. The maximum absolute atomic E-state index is 12.1. The standard InChI is InChI=1S/C15H20N6O8/c1-6(23)8(13(25)26)19-14(27)20-11-9-12(17-4-16-11)21(5-18-9)15(28)3-29-7(2-22)10(15)24/h4-8,10,22-24,28H,2-3H2,1H3,(H,25,26)(H2,16,17,19,20,27)/t6-,7-,8+,10-,15-/m1/s1. The number of hydrogen-bond donors (Lipinski definition) is 7. The van der Waals surface area contributed by atoms with Gasteiger partial charge in [0.15, 0.2) is 28.7 Å². The lowest BCUT2D eigenvalue weighted by Crippen LogP contribution is -2.49. The molecule has 3 rings (SSSR count). The molecule has 0 aliphatic carbocycles. The third-order valence-electron chi connectivity index (χ3n) is 4.53. The van der Waals surface area contributed by atoms with Crippen LogP contribution in [0.3, 0.4) is 0 Å². The van der Waals surface area contributed by atoms with E-state index in [0.29, 0.717) is 0 Å². The normalized spacial score (nSPS) is 26.2. The molecule has 0 saturated carbocycles. The molecule has 1 aliphatic rings. The molecule has 0 aromatic carbocycles. The van der Waals surface area contributed by atoms with Crippen molar-refractivity contribution in [3.8, 4) is 0 Å². The maximum Gasteiger partial charge on any atom is 0.328 e. The molecule has 0 radical (unpaired) electrons. The van der Waals surface area contributed by atoms with Gasteiger partial charge in [0.2, 0.25) is 0 Å². The van der Waals surface area contributed by atoms with E-state index in [0.717, 1.165) is 17.2 Å². The number of imidazole rings is 1. The Labute approximate surface area is 162 Å². The van der Waals surface area contributed by atoms with E-state index >= 15 is 0 Å². The van der Waals surface area contributed by atoms with Crippen molar-refractivity contribution in [2.75, 3.05) is 18.5 Å². The molecule has 2 aromatic heterocycles. The number of anilines is 1. The van der Waals surface area contributed by atoms with Crippen molar-refractivity contribution in [2.24, 2.45) is 0 Å². The number of hydrogen-bond acceptors (Lipinski definition) is 10. The smallest absolute Gasteiger partial charge is 0.328 e. The first-order valence-electron chi connectivity index (χ1n) is 8.49. The number of carbonyl (C=O) groups is 2. The monoisotopic (exact) mass is 412 g/mol. The van der Waals surface area contributed by atoms with Crippen LogP contribution in [0.25, 0.3) is 11.2 Å². The SMILES string of the molecule is C[C@@H](O)[C@H](NC(=O)Nc1ncnc2c1ncn2[C@@]1(O)CO[C@H](CO)[C@H]1O)C(=O)O. The molecular formula is C15H20N6O8. The van der Waals surface area contributed by atoms with E-state index in [4.69, 9.17) is 9.84 Å². The van der Waals surface area contributed by atoms with E-state index in [-0.39, 0.29) is 23.6 Å². The molecule has 0 unspecified atom stereocenters. The number of aliphatic hydroxyl groups is 4. The van der Waals surface area contributed by atoms with Gasteiger partial charge in [-0.05, 0) is 6.92 Å². The summed E-state index contributed by atoms with van der Waals surface area (Å²) < 4.78 is 6.31. The third kappa shape index (κ3) is 3.70.